The number of carbonyl (C=O) groups is 2. The molecule has 2 aromatic carbocycles. The number of aromatic amines is 1. The third-order valence-electron chi connectivity index (χ3n) is 5.12. The predicted octanol–water partition coefficient (Wildman–Crippen LogP) is 3.95. The van der Waals surface area contributed by atoms with Crippen LogP contribution in [0.1, 0.15) is 42.2 Å². The van der Waals surface area contributed by atoms with E-state index in [1.54, 1.807) is 19.1 Å². The molecule has 1 aliphatic rings. The molecule has 1 N–H and O–H groups in total. The van der Waals surface area contributed by atoms with E-state index >= 15 is 0 Å². The van der Waals surface area contributed by atoms with Gasteiger partial charge in [0.2, 0.25) is 11.6 Å². The van der Waals surface area contributed by atoms with Gasteiger partial charge in [0.05, 0.1) is 6.61 Å². The molecule has 0 unspecified atom stereocenters. The topological polar surface area (TPSA) is 97.4 Å². The summed E-state index contributed by atoms with van der Waals surface area (Å²) in [6, 6.07) is 15.7. The number of likely N-dealkylation sites (tertiary alicyclic amines) is 1. The number of hydrogen-bond acceptors (Lipinski definition) is 6. The summed E-state index contributed by atoms with van der Waals surface area (Å²) >= 11 is 0. The van der Waals surface area contributed by atoms with Gasteiger partial charge in [-0.3, -0.25) is 4.79 Å². The number of rotatable bonds is 7. The lowest BCUT2D eigenvalue weighted by Gasteiger charge is -2.26. The molecular weight excluding hydrogens is 396 g/mol. The maximum atomic E-state index is 12.1. The summed E-state index contributed by atoms with van der Waals surface area (Å²) in [7, 11) is 0. The number of nitrogens with one attached hydrogen (secondary N) is 1. The van der Waals surface area contributed by atoms with Gasteiger partial charge < -0.3 is 14.4 Å². The molecule has 4 rings (SSSR count). The number of H-pyrrole nitrogens is 1. The standard InChI is InChI=1S/C23H24N4O4/c1-2-30-23(29)21-22(25-26-24-21)31-19-11-9-17(10-12-19)18-7-5-6-16(14-18)15-27-13-4-3-8-20(27)28/h5-7,9-12,14H,2-4,8,13,15H2,1H3,(H,24,25,26). The van der Waals surface area contributed by atoms with Crippen molar-refractivity contribution in [1.82, 2.24) is 20.3 Å². The lowest BCUT2D eigenvalue weighted by molar-refractivity contribution is -0.133. The summed E-state index contributed by atoms with van der Waals surface area (Å²) in [4.78, 5) is 25.9. The zero-order valence-electron chi connectivity index (χ0n) is 17.3. The molecule has 0 saturated carbocycles. The molecule has 3 aromatic rings. The molecule has 1 fully saturated rings. The van der Waals surface area contributed by atoms with Crippen LogP contribution in [0.25, 0.3) is 11.1 Å². The van der Waals surface area contributed by atoms with E-state index in [-0.39, 0.29) is 24.1 Å². The second-order valence-corrected chi connectivity index (χ2v) is 7.31. The zero-order chi connectivity index (χ0) is 21.6. The van der Waals surface area contributed by atoms with E-state index in [2.05, 4.69) is 21.5 Å². The van der Waals surface area contributed by atoms with Crippen molar-refractivity contribution in [2.75, 3.05) is 13.2 Å². The maximum absolute atomic E-state index is 12.1. The first-order valence-corrected chi connectivity index (χ1v) is 10.4. The molecular formula is C23H24N4O4. The van der Waals surface area contributed by atoms with Crippen LogP contribution in [0.3, 0.4) is 0 Å². The van der Waals surface area contributed by atoms with E-state index in [1.807, 2.05) is 35.2 Å². The highest BCUT2D eigenvalue weighted by Gasteiger charge is 2.19. The lowest BCUT2D eigenvalue weighted by atomic mass is 10.0. The lowest BCUT2D eigenvalue weighted by Crippen LogP contribution is -2.34. The van der Waals surface area contributed by atoms with Crippen molar-refractivity contribution in [3.8, 4) is 22.8 Å². The molecule has 1 amide bonds. The fourth-order valence-electron chi connectivity index (χ4n) is 3.55. The number of carbonyl (C=O) groups excluding carboxylic acids is 2. The van der Waals surface area contributed by atoms with Gasteiger partial charge in [0, 0.05) is 19.5 Å². The minimum atomic E-state index is -0.567. The first-order valence-electron chi connectivity index (χ1n) is 10.4. The van der Waals surface area contributed by atoms with E-state index in [9.17, 15) is 9.59 Å². The summed E-state index contributed by atoms with van der Waals surface area (Å²) in [5.41, 5.74) is 3.26. The van der Waals surface area contributed by atoms with Crippen LogP contribution in [0, 0.1) is 0 Å². The summed E-state index contributed by atoms with van der Waals surface area (Å²) < 4.78 is 10.7. The van der Waals surface area contributed by atoms with Crippen LogP contribution in [0.5, 0.6) is 11.6 Å². The number of piperidine rings is 1. The zero-order valence-corrected chi connectivity index (χ0v) is 17.3. The van der Waals surface area contributed by atoms with Crippen LogP contribution >= 0.6 is 0 Å². The van der Waals surface area contributed by atoms with Gasteiger partial charge in [0.25, 0.3) is 5.88 Å². The van der Waals surface area contributed by atoms with Crippen LogP contribution in [0.4, 0.5) is 0 Å². The number of amides is 1. The molecule has 0 aliphatic carbocycles. The molecule has 0 bridgehead atoms. The van der Waals surface area contributed by atoms with Gasteiger partial charge >= 0.3 is 5.97 Å². The molecule has 1 saturated heterocycles. The van der Waals surface area contributed by atoms with Crippen LogP contribution in [0.15, 0.2) is 48.5 Å². The van der Waals surface area contributed by atoms with Crippen molar-refractivity contribution >= 4 is 11.9 Å². The van der Waals surface area contributed by atoms with Gasteiger partial charge in [-0.2, -0.15) is 0 Å². The van der Waals surface area contributed by atoms with Gasteiger partial charge in [-0.1, -0.05) is 40.6 Å². The minimum Gasteiger partial charge on any atom is -0.461 e. The monoisotopic (exact) mass is 420 g/mol. The highest BCUT2D eigenvalue weighted by Crippen LogP contribution is 2.27. The Bertz CT molecular complexity index is 1060. The Balaban J connectivity index is 1.46. The first-order chi connectivity index (χ1) is 15.1. The van der Waals surface area contributed by atoms with Crippen molar-refractivity contribution in [1.29, 1.82) is 0 Å². The highest BCUT2D eigenvalue weighted by molar-refractivity contribution is 5.89. The summed E-state index contributed by atoms with van der Waals surface area (Å²) in [5.74, 6) is 0.258. The van der Waals surface area contributed by atoms with E-state index in [1.165, 1.54) is 0 Å². The van der Waals surface area contributed by atoms with Gasteiger partial charge in [0.1, 0.15) is 5.75 Å². The number of ether oxygens (including phenoxy) is 2. The average Bonchev–Trinajstić information content (AvgIpc) is 3.25. The molecule has 31 heavy (non-hydrogen) atoms. The first kappa shape index (κ1) is 20.6. The third kappa shape index (κ3) is 4.91. The molecule has 8 nitrogen and oxygen atoms in total. The van der Waals surface area contributed by atoms with Gasteiger partial charge in [0.15, 0.2) is 0 Å². The Kier molecular flexibility index (Phi) is 6.26. The Hall–Kier alpha value is -3.68. The molecule has 2 heterocycles. The minimum absolute atomic E-state index is 0.0689. The molecule has 160 valence electrons. The van der Waals surface area contributed by atoms with Crippen molar-refractivity contribution in [2.45, 2.75) is 32.7 Å². The third-order valence-corrected chi connectivity index (χ3v) is 5.12. The Morgan fingerprint density at radius 1 is 1.13 bits per heavy atom. The Labute approximate surface area is 180 Å². The van der Waals surface area contributed by atoms with Crippen molar-refractivity contribution in [3.63, 3.8) is 0 Å². The predicted molar refractivity (Wildman–Crippen MR) is 114 cm³/mol. The summed E-state index contributed by atoms with van der Waals surface area (Å²) in [6.45, 7) is 3.43. The molecule has 0 radical (unpaired) electrons. The normalized spacial score (nSPS) is 13.8. The number of aromatic nitrogens is 3. The van der Waals surface area contributed by atoms with Gasteiger partial charge in [-0.15, -0.1) is 0 Å². The van der Waals surface area contributed by atoms with E-state index in [4.69, 9.17) is 9.47 Å². The van der Waals surface area contributed by atoms with Gasteiger partial charge in [-0.25, -0.2) is 9.89 Å². The molecule has 8 heteroatoms. The van der Waals surface area contributed by atoms with Crippen molar-refractivity contribution in [3.05, 3.63) is 59.8 Å². The number of benzene rings is 2. The van der Waals surface area contributed by atoms with Crippen molar-refractivity contribution in [2.24, 2.45) is 0 Å². The van der Waals surface area contributed by atoms with E-state index < -0.39 is 5.97 Å². The number of hydrogen-bond donors (Lipinski definition) is 1. The smallest absolute Gasteiger partial charge is 0.362 e. The Morgan fingerprint density at radius 3 is 2.74 bits per heavy atom. The highest BCUT2D eigenvalue weighted by atomic mass is 16.5. The van der Waals surface area contributed by atoms with Gasteiger partial charge in [-0.05, 0) is 54.7 Å². The van der Waals surface area contributed by atoms with E-state index in [0.29, 0.717) is 18.7 Å². The van der Waals surface area contributed by atoms with Crippen LogP contribution in [-0.4, -0.2) is 45.3 Å². The Morgan fingerprint density at radius 2 is 1.97 bits per heavy atom. The van der Waals surface area contributed by atoms with Crippen molar-refractivity contribution < 1.29 is 19.1 Å². The summed E-state index contributed by atoms with van der Waals surface area (Å²) in [6.07, 6.45) is 2.69. The quantitative estimate of drug-likeness (QED) is 0.581. The largest absolute Gasteiger partial charge is 0.461 e. The maximum Gasteiger partial charge on any atom is 0.362 e. The molecule has 1 aliphatic heterocycles. The molecule has 1 aromatic heterocycles. The molecule has 0 atom stereocenters. The van der Waals surface area contributed by atoms with E-state index in [0.717, 1.165) is 36.1 Å². The summed E-state index contributed by atoms with van der Waals surface area (Å²) in [5, 5.41) is 9.93. The fraction of sp³-hybridized carbons (Fsp3) is 0.304. The number of nitrogens with zero attached hydrogens (tertiary/aromatic N) is 3. The average molecular weight is 420 g/mol. The fourth-order valence-corrected chi connectivity index (χ4v) is 3.55. The molecule has 0 spiro atoms. The van der Waals surface area contributed by atoms with Crippen LogP contribution in [-0.2, 0) is 16.1 Å². The number of esters is 1. The second kappa shape index (κ2) is 9.42. The second-order valence-electron chi connectivity index (χ2n) is 7.31. The van der Waals surface area contributed by atoms with Crippen LogP contribution in [0.2, 0.25) is 0 Å². The SMILES string of the molecule is CCOC(=O)c1[nH]nnc1Oc1ccc(-c2cccc(CN3CCCCC3=O)c2)cc1. The van der Waals surface area contributed by atoms with Crippen LogP contribution < -0.4 is 4.74 Å².